The van der Waals surface area contributed by atoms with Crippen molar-refractivity contribution in [2.75, 3.05) is 0 Å². The third-order valence-corrected chi connectivity index (χ3v) is 2.82. The normalized spacial score (nSPS) is 10.2. The molecule has 5 nitrogen and oxygen atoms in total. The highest BCUT2D eigenvalue weighted by Crippen LogP contribution is 2.17. The maximum Gasteiger partial charge on any atom is 0.334 e. The second-order valence-electron chi connectivity index (χ2n) is 3.47. The Balaban J connectivity index is 2.92. The van der Waals surface area contributed by atoms with Crippen LogP contribution in [0.15, 0.2) is 27.8 Å². The fourth-order valence-electron chi connectivity index (χ4n) is 1.49. The van der Waals surface area contributed by atoms with Crippen LogP contribution < -0.4 is 11.2 Å². The van der Waals surface area contributed by atoms with Crippen molar-refractivity contribution in [3.8, 4) is 11.8 Å². The molecular weight excluding hydrogens is 296 g/mol. The number of H-pyrrole nitrogens is 1. The van der Waals surface area contributed by atoms with Crippen LogP contribution in [0, 0.1) is 17.1 Å². The molecule has 2 rings (SSSR count). The Morgan fingerprint density at radius 1 is 1.32 bits per heavy atom. The van der Waals surface area contributed by atoms with Crippen LogP contribution in [0.2, 0.25) is 10.2 Å². The number of hydrogen-bond donors (Lipinski definition) is 1. The Morgan fingerprint density at radius 3 is 2.63 bits per heavy atom. The van der Waals surface area contributed by atoms with Crippen LogP contribution in [-0.2, 0) is 0 Å². The molecule has 1 N–H and O–H groups in total. The van der Waals surface area contributed by atoms with Crippen LogP contribution in [0.4, 0.5) is 4.39 Å². The van der Waals surface area contributed by atoms with E-state index < -0.39 is 22.2 Å². The highest BCUT2D eigenvalue weighted by Gasteiger charge is 2.16. The standard InChI is InChI=1S/C11H4Cl2FN3O2/c12-6-2-1-5(4-15)7(3-6)17-10(18)8(14)9(13)16-11(17)19/h1-3H,(H,16,19). The zero-order valence-electron chi connectivity index (χ0n) is 9.08. The first-order chi connectivity index (χ1) is 8.95. The quantitative estimate of drug-likeness (QED) is 0.816. The number of nitriles is 1. The van der Waals surface area contributed by atoms with Crippen molar-refractivity contribution in [2.45, 2.75) is 0 Å². The van der Waals surface area contributed by atoms with Gasteiger partial charge in [-0.15, -0.1) is 0 Å². The average molecular weight is 300 g/mol. The minimum atomic E-state index is -1.31. The van der Waals surface area contributed by atoms with Gasteiger partial charge in [-0.2, -0.15) is 9.65 Å². The predicted octanol–water partition coefficient (Wildman–Crippen LogP) is 1.84. The number of rotatable bonds is 1. The summed E-state index contributed by atoms with van der Waals surface area (Å²) in [5.41, 5.74) is -2.33. The van der Waals surface area contributed by atoms with E-state index in [0.717, 1.165) is 0 Å². The van der Waals surface area contributed by atoms with Crippen molar-refractivity contribution in [2.24, 2.45) is 0 Å². The molecule has 2 aromatic rings. The van der Waals surface area contributed by atoms with Crippen molar-refractivity contribution in [1.29, 1.82) is 5.26 Å². The van der Waals surface area contributed by atoms with Gasteiger partial charge in [-0.05, 0) is 18.2 Å². The van der Waals surface area contributed by atoms with Gasteiger partial charge >= 0.3 is 5.69 Å². The van der Waals surface area contributed by atoms with E-state index in [1.54, 1.807) is 6.07 Å². The van der Waals surface area contributed by atoms with Crippen LogP contribution in [0.1, 0.15) is 5.56 Å². The number of aromatic nitrogens is 2. The van der Waals surface area contributed by atoms with Crippen LogP contribution in [0.3, 0.4) is 0 Å². The molecule has 0 spiro atoms. The van der Waals surface area contributed by atoms with Gasteiger partial charge in [0.2, 0.25) is 5.82 Å². The number of benzene rings is 1. The summed E-state index contributed by atoms with van der Waals surface area (Å²) in [5.74, 6) is -1.31. The van der Waals surface area contributed by atoms with Gasteiger partial charge in [0.25, 0.3) is 5.56 Å². The van der Waals surface area contributed by atoms with E-state index in [-0.39, 0.29) is 16.3 Å². The summed E-state index contributed by atoms with van der Waals surface area (Å²) in [4.78, 5) is 25.4. The fraction of sp³-hybridized carbons (Fsp3) is 0. The molecule has 0 aliphatic carbocycles. The van der Waals surface area contributed by atoms with Crippen molar-refractivity contribution in [3.63, 3.8) is 0 Å². The molecule has 0 atom stereocenters. The molecule has 0 aliphatic rings. The second-order valence-corrected chi connectivity index (χ2v) is 4.29. The zero-order chi connectivity index (χ0) is 14.2. The third kappa shape index (κ3) is 2.26. The minimum absolute atomic E-state index is 0.00118. The molecule has 0 saturated heterocycles. The topological polar surface area (TPSA) is 78.7 Å². The average Bonchev–Trinajstić information content (AvgIpc) is 2.36. The first kappa shape index (κ1) is 13.3. The summed E-state index contributed by atoms with van der Waals surface area (Å²) in [6, 6.07) is 5.72. The van der Waals surface area contributed by atoms with Gasteiger partial charge in [0.15, 0.2) is 5.15 Å². The summed E-state index contributed by atoms with van der Waals surface area (Å²) >= 11 is 11.1. The molecule has 8 heteroatoms. The highest BCUT2D eigenvalue weighted by molar-refractivity contribution is 6.30. The molecular formula is C11H4Cl2FN3O2. The smallest absolute Gasteiger partial charge is 0.295 e. The second kappa shape index (κ2) is 4.88. The number of nitrogens with zero attached hydrogens (tertiary/aromatic N) is 2. The molecule has 1 aromatic heterocycles. The molecule has 0 amide bonds. The monoisotopic (exact) mass is 299 g/mol. The van der Waals surface area contributed by atoms with Gasteiger partial charge in [0.1, 0.15) is 6.07 Å². The Hall–Kier alpha value is -2.10. The molecule has 0 fully saturated rings. The zero-order valence-corrected chi connectivity index (χ0v) is 10.6. The van der Waals surface area contributed by atoms with Gasteiger partial charge < -0.3 is 0 Å². The van der Waals surface area contributed by atoms with Crippen LogP contribution in [0.25, 0.3) is 5.69 Å². The number of hydrogen-bond acceptors (Lipinski definition) is 3. The minimum Gasteiger partial charge on any atom is -0.295 e. The number of halogens is 3. The first-order valence-electron chi connectivity index (χ1n) is 4.86. The van der Waals surface area contributed by atoms with E-state index in [4.69, 9.17) is 28.5 Å². The maximum atomic E-state index is 13.4. The van der Waals surface area contributed by atoms with Crippen LogP contribution in [0.5, 0.6) is 0 Å². The lowest BCUT2D eigenvalue weighted by Gasteiger charge is -2.07. The maximum absolute atomic E-state index is 13.4. The Kier molecular flexibility index (Phi) is 3.42. The Morgan fingerprint density at radius 2 is 2.00 bits per heavy atom. The van der Waals surface area contributed by atoms with Gasteiger partial charge in [0.05, 0.1) is 11.3 Å². The summed E-state index contributed by atoms with van der Waals surface area (Å²) in [5, 5.41) is 8.44. The van der Waals surface area contributed by atoms with Crippen molar-refractivity contribution < 1.29 is 4.39 Å². The Labute approximate surface area is 115 Å². The molecule has 19 heavy (non-hydrogen) atoms. The summed E-state index contributed by atoms with van der Waals surface area (Å²) < 4.78 is 13.9. The number of aromatic amines is 1. The molecule has 0 bridgehead atoms. The first-order valence-corrected chi connectivity index (χ1v) is 5.61. The largest absolute Gasteiger partial charge is 0.334 e. The van der Waals surface area contributed by atoms with E-state index in [1.165, 1.54) is 18.2 Å². The molecule has 0 aliphatic heterocycles. The van der Waals surface area contributed by atoms with E-state index in [1.807, 2.05) is 4.98 Å². The summed E-state index contributed by atoms with van der Waals surface area (Å²) in [7, 11) is 0. The van der Waals surface area contributed by atoms with Crippen molar-refractivity contribution >= 4 is 23.2 Å². The molecule has 0 radical (unpaired) electrons. The van der Waals surface area contributed by atoms with E-state index in [0.29, 0.717) is 4.57 Å². The Bertz CT molecular complexity index is 820. The highest BCUT2D eigenvalue weighted by atomic mass is 35.5. The number of nitrogens with one attached hydrogen (secondary N) is 1. The molecule has 1 aromatic carbocycles. The predicted molar refractivity (Wildman–Crippen MR) is 67.4 cm³/mol. The third-order valence-electron chi connectivity index (χ3n) is 2.32. The molecule has 1 heterocycles. The fourth-order valence-corrected chi connectivity index (χ4v) is 1.82. The van der Waals surface area contributed by atoms with Gasteiger partial charge in [-0.1, -0.05) is 23.2 Å². The summed E-state index contributed by atoms with van der Waals surface area (Å²) in [6.07, 6.45) is 0. The van der Waals surface area contributed by atoms with E-state index in [9.17, 15) is 14.0 Å². The van der Waals surface area contributed by atoms with Crippen LogP contribution >= 0.6 is 23.2 Å². The summed E-state index contributed by atoms with van der Waals surface area (Å²) in [6.45, 7) is 0. The van der Waals surface area contributed by atoms with Gasteiger partial charge in [-0.25, -0.2) is 9.36 Å². The lowest BCUT2D eigenvalue weighted by molar-refractivity contribution is 0.584. The van der Waals surface area contributed by atoms with Crippen LogP contribution in [-0.4, -0.2) is 9.55 Å². The van der Waals surface area contributed by atoms with Crippen molar-refractivity contribution in [1.82, 2.24) is 9.55 Å². The van der Waals surface area contributed by atoms with E-state index >= 15 is 0 Å². The molecule has 96 valence electrons. The lowest BCUT2D eigenvalue weighted by Crippen LogP contribution is -2.36. The lowest BCUT2D eigenvalue weighted by atomic mass is 10.2. The molecule has 0 saturated carbocycles. The molecule has 0 unspecified atom stereocenters. The van der Waals surface area contributed by atoms with Crippen molar-refractivity contribution in [3.05, 3.63) is 60.6 Å². The van der Waals surface area contributed by atoms with E-state index in [2.05, 4.69) is 0 Å². The SMILES string of the molecule is N#Cc1ccc(Cl)cc1-n1c(=O)[nH]c(Cl)c(F)c1=O. The van der Waals surface area contributed by atoms with Gasteiger partial charge in [-0.3, -0.25) is 9.78 Å². The van der Waals surface area contributed by atoms with Gasteiger partial charge in [0, 0.05) is 5.02 Å².